The van der Waals surface area contributed by atoms with Gasteiger partial charge in [-0.15, -0.1) is 10.2 Å². The minimum atomic E-state index is -1.04. The van der Waals surface area contributed by atoms with Gasteiger partial charge in [0.1, 0.15) is 0 Å². The average Bonchev–Trinajstić information content (AvgIpc) is 3.25. The number of thioether (sulfide) groups is 1. The fourth-order valence-corrected chi connectivity index (χ4v) is 4.90. The average molecular weight is 564 g/mol. The maximum atomic E-state index is 13.0. The fraction of sp³-hybridized carbons (Fsp3) is 0.320. The van der Waals surface area contributed by atoms with E-state index >= 15 is 0 Å². The number of aromatic carboxylic acids is 1. The van der Waals surface area contributed by atoms with Crippen LogP contribution in [0.5, 0.6) is 0 Å². The lowest BCUT2D eigenvalue weighted by Crippen LogP contribution is -2.31. The zero-order chi connectivity index (χ0) is 27.1. The third-order valence-electron chi connectivity index (χ3n) is 5.31. The van der Waals surface area contributed by atoms with Crippen LogP contribution in [0.15, 0.2) is 47.6 Å². The first-order chi connectivity index (χ1) is 17.6. The van der Waals surface area contributed by atoms with E-state index < -0.39 is 12.0 Å². The van der Waals surface area contributed by atoms with Gasteiger partial charge in [-0.3, -0.25) is 9.59 Å². The number of aromatic nitrogens is 3. The molecule has 3 N–H and O–H groups in total. The number of hydrogen-bond acceptors (Lipinski definition) is 6. The lowest BCUT2D eigenvalue weighted by atomic mass is 10.0. The highest BCUT2D eigenvalue weighted by atomic mass is 35.5. The maximum absolute atomic E-state index is 13.0. The molecule has 0 fully saturated rings. The summed E-state index contributed by atoms with van der Waals surface area (Å²) in [4.78, 5) is 36.5. The number of benzene rings is 2. The molecule has 0 spiro atoms. The molecule has 0 aliphatic rings. The second-order valence-corrected chi connectivity index (χ2v) is 10.4. The van der Waals surface area contributed by atoms with Crippen molar-refractivity contribution in [2.75, 3.05) is 11.1 Å². The van der Waals surface area contributed by atoms with Gasteiger partial charge in [-0.1, -0.05) is 48.8 Å². The third-order valence-corrected chi connectivity index (χ3v) is 6.82. The number of rotatable bonds is 11. The Hall–Kier alpha value is -3.08. The molecule has 196 valence electrons. The fourth-order valence-electron chi connectivity index (χ4n) is 3.60. The molecule has 2 aromatic carbocycles. The molecule has 1 heterocycles. The molecule has 37 heavy (non-hydrogen) atoms. The molecule has 0 aliphatic carbocycles. The topological polar surface area (TPSA) is 126 Å². The van der Waals surface area contributed by atoms with Crippen molar-refractivity contribution in [2.24, 2.45) is 5.92 Å². The molecule has 3 aromatic rings. The predicted molar refractivity (Wildman–Crippen MR) is 145 cm³/mol. The van der Waals surface area contributed by atoms with E-state index in [0.29, 0.717) is 40.2 Å². The molecule has 0 unspecified atom stereocenters. The van der Waals surface area contributed by atoms with Crippen LogP contribution in [-0.4, -0.2) is 43.4 Å². The standard InChI is InChI=1S/C25H27Cl2N5O4S/c1-4-32-22(20(11-14(2)3)29-23(34)18-10-7-16(26)12-19(18)27)30-31-25(32)37-13-21(33)28-17-8-5-15(6-9-17)24(35)36/h5-10,12,14,20H,4,11,13H2,1-3H3,(H,28,33)(H,29,34)(H,35,36)/t20-/m0/s1. The maximum Gasteiger partial charge on any atom is 0.335 e. The lowest BCUT2D eigenvalue weighted by molar-refractivity contribution is -0.113. The zero-order valence-corrected chi connectivity index (χ0v) is 22.8. The Morgan fingerprint density at radius 1 is 1.08 bits per heavy atom. The lowest BCUT2D eigenvalue weighted by Gasteiger charge is -2.21. The van der Waals surface area contributed by atoms with Gasteiger partial charge in [-0.2, -0.15) is 0 Å². The smallest absolute Gasteiger partial charge is 0.335 e. The largest absolute Gasteiger partial charge is 0.478 e. The third kappa shape index (κ3) is 7.70. The number of halogens is 2. The number of anilines is 1. The van der Waals surface area contributed by atoms with Crippen molar-refractivity contribution in [3.8, 4) is 0 Å². The van der Waals surface area contributed by atoms with Crippen LogP contribution in [-0.2, 0) is 11.3 Å². The number of nitrogens with zero attached hydrogens (tertiary/aromatic N) is 3. The molecule has 1 aromatic heterocycles. The number of amides is 2. The summed E-state index contributed by atoms with van der Waals surface area (Å²) in [5.41, 5.74) is 0.941. The molecule has 0 bridgehead atoms. The van der Waals surface area contributed by atoms with E-state index in [4.69, 9.17) is 28.3 Å². The van der Waals surface area contributed by atoms with Crippen molar-refractivity contribution in [1.82, 2.24) is 20.1 Å². The summed E-state index contributed by atoms with van der Waals surface area (Å²) in [5.74, 6) is -0.749. The van der Waals surface area contributed by atoms with Crippen molar-refractivity contribution in [2.45, 2.75) is 44.9 Å². The number of carbonyl (C=O) groups excluding carboxylic acids is 2. The summed E-state index contributed by atoms with van der Waals surface area (Å²) in [7, 11) is 0. The number of carboxylic acid groups (broad SMARTS) is 1. The predicted octanol–water partition coefficient (Wildman–Crippen LogP) is 5.55. The second kappa shape index (κ2) is 12.9. The molecule has 0 aliphatic heterocycles. The van der Waals surface area contributed by atoms with Crippen LogP contribution in [0.1, 0.15) is 59.8 Å². The Morgan fingerprint density at radius 3 is 2.38 bits per heavy atom. The Balaban J connectivity index is 1.72. The number of carboxylic acids is 1. The normalized spacial score (nSPS) is 11.8. The van der Waals surface area contributed by atoms with Crippen molar-refractivity contribution in [3.63, 3.8) is 0 Å². The van der Waals surface area contributed by atoms with Crippen molar-refractivity contribution in [1.29, 1.82) is 0 Å². The highest BCUT2D eigenvalue weighted by molar-refractivity contribution is 7.99. The monoisotopic (exact) mass is 563 g/mol. The molecule has 9 nitrogen and oxygen atoms in total. The molecule has 1 atom stereocenters. The molecule has 0 radical (unpaired) electrons. The molecule has 3 rings (SSSR count). The van der Waals surface area contributed by atoms with Gasteiger partial charge < -0.3 is 20.3 Å². The van der Waals surface area contributed by atoms with E-state index in [2.05, 4.69) is 20.8 Å². The van der Waals surface area contributed by atoms with Crippen LogP contribution in [0, 0.1) is 5.92 Å². The molecule has 12 heteroatoms. The van der Waals surface area contributed by atoms with Crippen molar-refractivity contribution >= 4 is 58.4 Å². The van der Waals surface area contributed by atoms with E-state index in [0.717, 1.165) is 0 Å². The molecule has 2 amide bonds. The summed E-state index contributed by atoms with van der Waals surface area (Å²) < 4.78 is 1.87. The first kappa shape index (κ1) is 28.5. The van der Waals surface area contributed by atoms with Crippen LogP contribution in [0.4, 0.5) is 5.69 Å². The Morgan fingerprint density at radius 2 is 1.78 bits per heavy atom. The van der Waals surface area contributed by atoms with Crippen LogP contribution >= 0.6 is 35.0 Å². The highest BCUT2D eigenvalue weighted by Gasteiger charge is 2.25. The number of nitrogens with one attached hydrogen (secondary N) is 2. The summed E-state index contributed by atoms with van der Waals surface area (Å²) in [6, 6.07) is 10.2. The Kier molecular flexibility index (Phi) is 9.96. The summed E-state index contributed by atoms with van der Waals surface area (Å²) in [6.45, 7) is 6.56. The van der Waals surface area contributed by atoms with Gasteiger partial charge in [0.15, 0.2) is 11.0 Å². The van der Waals surface area contributed by atoms with E-state index in [-0.39, 0.29) is 34.1 Å². The summed E-state index contributed by atoms with van der Waals surface area (Å²) >= 11 is 13.4. The molecular formula is C25H27Cl2N5O4S. The van der Waals surface area contributed by atoms with Gasteiger partial charge in [0, 0.05) is 17.3 Å². The van der Waals surface area contributed by atoms with Crippen molar-refractivity contribution in [3.05, 3.63) is 69.5 Å². The van der Waals surface area contributed by atoms with Crippen LogP contribution < -0.4 is 10.6 Å². The van der Waals surface area contributed by atoms with Gasteiger partial charge >= 0.3 is 5.97 Å². The van der Waals surface area contributed by atoms with Gasteiger partial charge in [-0.25, -0.2) is 4.79 Å². The minimum Gasteiger partial charge on any atom is -0.478 e. The van der Waals surface area contributed by atoms with Gasteiger partial charge in [-0.05, 0) is 61.7 Å². The first-order valence-electron chi connectivity index (χ1n) is 11.5. The molecule has 0 saturated heterocycles. The molecular weight excluding hydrogens is 537 g/mol. The number of hydrogen-bond donors (Lipinski definition) is 3. The van der Waals surface area contributed by atoms with E-state index in [1.165, 1.54) is 42.1 Å². The van der Waals surface area contributed by atoms with Crippen molar-refractivity contribution < 1.29 is 19.5 Å². The van der Waals surface area contributed by atoms with Gasteiger partial charge in [0.25, 0.3) is 5.91 Å². The Labute approximate surface area is 228 Å². The summed E-state index contributed by atoms with van der Waals surface area (Å²) in [5, 5.41) is 24.6. The number of carbonyl (C=O) groups is 3. The Bertz CT molecular complexity index is 1280. The van der Waals surface area contributed by atoms with Crippen LogP contribution in [0.2, 0.25) is 10.0 Å². The van der Waals surface area contributed by atoms with E-state index in [1.54, 1.807) is 12.1 Å². The first-order valence-corrected chi connectivity index (χ1v) is 13.3. The second-order valence-electron chi connectivity index (χ2n) is 8.58. The van der Waals surface area contributed by atoms with E-state index in [9.17, 15) is 14.4 Å². The SMILES string of the molecule is CCn1c(SCC(=O)Nc2ccc(C(=O)O)cc2)nnc1[C@H](CC(C)C)NC(=O)c1ccc(Cl)cc1Cl. The van der Waals surface area contributed by atoms with Gasteiger partial charge in [0.05, 0.1) is 27.9 Å². The quantitative estimate of drug-likeness (QED) is 0.261. The minimum absolute atomic E-state index is 0.0698. The summed E-state index contributed by atoms with van der Waals surface area (Å²) in [6.07, 6.45) is 0.618. The van der Waals surface area contributed by atoms with Gasteiger partial charge in [0.2, 0.25) is 5.91 Å². The molecule has 0 saturated carbocycles. The van der Waals surface area contributed by atoms with Crippen LogP contribution in [0.3, 0.4) is 0 Å². The van der Waals surface area contributed by atoms with E-state index in [1.807, 2.05) is 25.3 Å². The van der Waals surface area contributed by atoms with Crippen LogP contribution in [0.25, 0.3) is 0 Å². The highest BCUT2D eigenvalue weighted by Crippen LogP contribution is 2.27. The zero-order valence-electron chi connectivity index (χ0n) is 20.5.